The summed E-state index contributed by atoms with van der Waals surface area (Å²) in [5, 5.41) is 2.93. The van der Waals surface area contributed by atoms with Crippen molar-refractivity contribution in [1.82, 2.24) is 10.2 Å². The molecule has 1 N–H and O–H groups in total. The molecular formula is C18H29N3O2. The molecule has 0 aliphatic heterocycles. The number of benzene rings is 1. The molecule has 23 heavy (non-hydrogen) atoms. The number of nitrogens with one attached hydrogen (secondary N) is 1. The first-order valence-corrected chi connectivity index (χ1v) is 8.31. The van der Waals surface area contributed by atoms with Gasteiger partial charge in [-0.2, -0.15) is 0 Å². The first kappa shape index (κ1) is 19.2. The van der Waals surface area contributed by atoms with Gasteiger partial charge in [0.05, 0.1) is 0 Å². The summed E-state index contributed by atoms with van der Waals surface area (Å²) in [4.78, 5) is 27.8. The van der Waals surface area contributed by atoms with Crippen molar-refractivity contribution in [3.05, 3.63) is 29.8 Å². The van der Waals surface area contributed by atoms with E-state index in [1.54, 1.807) is 24.0 Å². The fourth-order valence-corrected chi connectivity index (χ4v) is 2.59. The zero-order valence-corrected chi connectivity index (χ0v) is 14.9. The van der Waals surface area contributed by atoms with E-state index < -0.39 is 0 Å². The van der Waals surface area contributed by atoms with E-state index in [1.807, 2.05) is 26.0 Å². The second-order valence-electron chi connectivity index (χ2n) is 5.81. The number of rotatable bonds is 8. The Labute approximate surface area is 139 Å². The van der Waals surface area contributed by atoms with Gasteiger partial charge in [0.1, 0.15) is 0 Å². The number of likely N-dealkylation sites (N-methyl/N-ethyl adjacent to an activating group) is 1. The molecule has 5 nitrogen and oxygen atoms in total. The van der Waals surface area contributed by atoms with Crippen LogP contribution in [-0.4, -0.2) is 48.9 Å². The number of nitrogens with zero attached hydrogens (tertiary/aromatic N) is 2. The first-order valence-electron chi connectivity index (χ1n) is 8.31. The van der Waals surface area contributed by atoms with Crippen molar-refractivity contribution in [1.29, 1.82) is 0 Å². The summed E-state index contributed by atoms with van der Waals surface area (Å²) < 4.78 is 0. The quantitative estimate of drug-likeness (QED) is 0.801. The van der Waals surface area contributed by atoms with Crippen LogP contribution >= 0.6 is 0 Å². The van der Waals surface area contributed by atoms with Gasteiger partial charge in [-0.3, -0.25) is 9.59 Å². The van der Waals surface area contributed by atoms with Crippen molar-refractivity contribution in [2.24, 2.45) is 0 Å². The van der Waals surface area contributed by atoms with Crippen molar-refractivity contribution >= 4 is 17.5 Å². The maximum Gasteiger partial charge on any atom is 0.251 e. The minimum atomic E-state index is -0.0809. The van der Waals surface area contributed by atoms with Gasteiger partial charge in [-0.05, 0) is 51.2 Å². The Balaban J connectivity index is 2.65. The minimum Gasteiger partial charge on any atom is -0.351 e. The Hall–Kier alpha value is -1.88. The van der Waals surface area contributed by atoms with Gasteiger partial charge in [0.15, 0.2) is 0 Å². The predicted octanol–water partition coefficient (Wildman–Crippen LogP) is 2.52. The molecule has 0 heterocycles. The summed E-state index contributed by atoms with van der Waals surface area (Å²) in [6, 6.07) is 7.25. The molecule has 0 aromatic heterocycles. The van der Waals surface area contributed by atoms with Gasteiger partial charge < -0.3 is 15.1 Å². The smallest absolute Gasteiger partial charge is 0.251 e. The van der Waals surface area contributed by atoms with Crippen LogP contribution in [0.1, 0.15) is 45.0 Å². The molecule has 2 amide bonds. The van der Waals surface area contributed by atoms with Gasteiger partial charge in [0.25, 0.3) is 5.91 Å². The molecule has 0 aliphatic carbocycles. The van der Waals surface area contributed by atoms with Crippen molar-refractivity contribution in [3.63, 3.8) is 0 Å². The number of hydrogen-bond acceptors (Lipinski definition) is 3. The molecule has 1 aromatic carbocycles. The third-order valence-electron chi connectivity index (χ3n) is 3.87. The summed E-state index contributed by atoms with van der Waals surface area (Å²) in [6.45, 7) is 13.2. The predicted molar refractivity (Wildman–Crippen MR) is 94.9 cm³/mol. The van der Waals surface area contributed by atoms with E-state index >= 15 is 0 Å². The van der Waals surface area contributed by atoms with Crippen LogP contribution < -0.4 is 10.2 Å². The molecule has 0 bridgehead atoms. The minimum absolute atomic E-state index is 0.00331. The summed E-state index contributed by atoms with van der Waals surface area (Å²) >= 11 is 0. The Morgan fingerprint density at radius 2 is 1.65 bits per heavy atom. The molecule has 0 fully saturated rings. The van der Waals surface area contributed by atoms with Crippen LogP contribution in [0.2, 0.25) is 0 Å². The third kappa shape index (κ3) is 5.67. The molecule has 0 spiro atoms. The Kier molecular flexibility index (Phi) is 7.75. The third-order valence-corrected chi connectivity index (χ3v) is 3.87. The van der Waals surface area contributed by atoms with Crippen LogP contribution in [0.5, 0.6) is 0 Å². The normalized spacial score (nSPS) is 10.9. The number of amides is 2. The molecule has 0 atom stereocenters. The van der Waals surface area contributed by atoms with E-state index in [9.17, 15) is 9.59 Å². The number of carbonyl (C=O) groups excluding carboxylic acids is 2. The van der Waals surface area contributed by atoms with Crippen LogP contribution in [0.4, 0.5) is 5.69 Å². The Morgan fingerprint density at radius 3 is 2.09 bits per heavy atom. The van der Waals surface area contributed by atoms with E-state index in [0.717, 1.165) is 25.3 Å². The SMILES string of the molecule is CCN(CC)CCNC(=O)c1ccc(N(C(C)=O)C(C)C)cc1. The van der Waals surface area contributed by atoms with Crippen molar-refractivity contribution in [2.75, 3.05) is 31.1 Å². The van der Waals surface area contributed by atoms with Gasteiger partial charge in [-0.15, -0.1) is 0 Å². The molecule has 1 aromatic rings. The lowest BCUT2D eigenvalue weighted by atomic mass is 10.1. The van der Waals surface area contributed by atoms with E-state index in [1.165, 1.54) is 0 Å². The van der Waals surface area contributed by atoms with Gasteiger partial charge >= 0.3 is 0 Å². The molecule has 5 heteroatoms. The van der Waals surface area contributed by atoms with Crippen molar-refractivity contribution in [2.45, 2.75) is 40.7 Å². The number of anilines is 1. The van der Waals surface area contributed by atoms with Crippen LogP contribution in [0, 0.1) is 0 Å². The van der Waals surface area contributed by atoms with Crippen LogP contribution in [0.25, 0.3) is 0 Å². The lowest BCUT2D eigenvalue weighted by Gasteiger charge is -2.25. The van der Waals surface area contributed by atoms with Crippen molar-refractivity contribution in [3.8, 4) is 0 Å². The summed E-state index contributed by atoms with van der Waals surface area (Å²) in [5.41, 5.74) is 1.42. The fourth-order valence-electron chi connectivity index (χ4n) is 2.59. The van der Waals surface area contributed by atoms with Crippen molar-refractivity contribution < 1.29 is 9.59 Å². The topological polar surface area (TPSA) is 52.7 Å². The van der Waals surface area contributed by atoms with Crippen LogP contribution in [0.3, 0.4) is 0 Å². The van der Waals surface area contributed by atoms with Gasteiger partial charge in [0.2, 0.25) is 5.91 Å². The summed E-state index contributed by atoms with van der Waals surface area (Å²) in [7, 11) is 0. The first-order chi connectivity index (χ1) is 10.9. The second kappa shape index (κ2) is 9.30. The Bertz CT molecular complexity index is 508. The summed E-state index contributed by atoms with van der Waals surface area (Å²) in [5.74, 6) is -0.0842. The zero-order chi connectivity index (χ0) is 17.4. The lowest BCUT2D eigenvalue weighted by molar-refractivity contribution is -0.116. The maximum atomic E-state index is 12.1. The summed E-state index contributed by atoms with van der Waals surface area (Å²) in [6.07, 6.45) is 0. The maximum absolute atomic E-state index is 12.1. The monoisotopic (exact) mass is 319 g/mol. The van der Waals surface area contributed by atoms with E-state index in [2.05, 4.69) is 24.1 Å². The molecule has 0 unspecified atom stereocenters. The highest BCUT2D eigenvalue weighted by Gasteiger charge is 2.15. The molecule has 0 radical (unpaired) electrons. The number of hydrogen-bond donors (Lipinski definition) is 1. The second-order valence-corrected chi connectivity index (χ2v) is 5.81. The molecule has 0 saturated heterocycles. The molecular weight excluding hydrogens is 290 g/mol. The van der Waals surface area contributed by atoms with Gasteiger partial charge in [-0.25, -0.2) is 0 Å². The highest BCUT2D eigenvalue weighted by atomic mass is 16.2. The Morgan fingerprint density at radius 1 is 1.09 bits per heavy atom. The highest BCUT2D eigenvalue weighted by Crippen LogP contribution is 2.18. The average molecular weight is 319 g/mol. The number of carbonyl (C=O) groups is 2. The van der Waals surface area contributed by atoms with E-state index in [4.69, 9.17) is 0 Å². The van der Waals surface area contributed by atoms with Crippen LogP contribution in [-0.2, 0) is 4.79 Å². The van der Waals surface area contributed by atoms with E-state index in [0.29, 0.717) is 12.1 Å². The van der Waals surface area contributed by atoms with Crippen LogP contribution in [0.15, 0.2) is 24.3 Å². The average Bonchev–Trinajstić information content (AvgIpc) is 2.51. The molecule has 1 rings (SSSR count). The highest BCUT2D eigenvalue weighted by molar-refractivity contribution is 5.96. The standard InChI is InChI=1S/C18H29N3O2/c1-6-20(7-2)13-12-19-18(23)16-8-10-17(11-9-16)21(14(3)4)15(5)22/h8-11,14H,6-7,12-13H2,1-5H3,(H,19,23). The largest absolute Gasteiger partial charge is 0.351 e. The van der Waals surface area contributed by atoms with Gasteiger partial charge in [-0.1, -0.05) is 13.8 Å². The zero-order valence-electron chi connectivity index (χ0n) is 14.9. The molecule has 128 valence electrons. The molecule has 0 aliphatic rings. The molecule has 0 saturated carbocycles. The van der Waals surface area contributed by atoms with Gasteiger partial charge in [0, 0.05) is 37.3 Å². The lowest BCUT2D eigenvalue weighted by Crippen LogP contribution is -2.35. The fraction of sp³-hybridized carbons (Fsp3) is 0.556. The van der Waals surface area contributed by atoms with E-state index in [-0.39, 0.29) is 17.9 Å².